The number of hydrogen-bond donors (Lipinski definition) is 0. The van der Waals surface area contributed by atoms with Crippen molar-refractivity contribution in [3.63, 3.8) is 0 Å². The van der Waals surface area contributed by atoms with Crippen LogP contribution in [0.4, 0.5) is 13.2 Å². The first-order chi connectivity index (χ1) is 24.6. The number of aromatic nitrogens is 3. The van der Waals surface area contributed by atoms with Crippen LogP contribution in [0.25, 0.3) is 66.2 Å². The summed E-state index contributed by atoms with van der Waals surface area (Å²) in [7, 11) is 0. The van der Waals surface area contributed by atoms with Gasteiger partial charge in [0.05, 0.1) is 51.1 Å². The molecule has 7 heteroatoms. The number of fused-ring (bicyclic) bond motifs is 6. The molecule has 0 saturated carbocycles. The number of hydrogen-bond acceptors (Lipinski definition) is 2. The second kappa shape index (κ2) is 11.6. The molecule has 0 N–H and O–H groups in total. The quantitative estimate of drug-likeness (QED) is 0.185. The fraction of sp³-hybridized carbons (Fsp3) is 0.200. The van der Waals surface area contributed by atoms with Crippen molar-refractivity contribution in [2.75, 3.05) is 0 Å². The van der Waals surface area contributed by atoms with E-state index in [1.165, 1.54) is 6.07 Å². The molecule has 0 aliphatic rings. The topological polar surface area (TPSA) is 46.5 Å². The lowest BCUT2D eigenvalue weighted by atomic mass is 9.86. The zero-order valence-corrected chi connectivity index (χ0v) is 29.9. The fourth-order valence-electron chi connectivity index (χ4n) is 7.36. The van der Waals surface area contributed by atoms with Crippen LogP contribution in [0.15, 0.2) is 115 Å². The molecule has 0 saturated heterocycles. The van der Waals surface area contributed by atoms with Gasteiger partial charge in [-0.2, -0.15) is 18.4 Å². The molecule has 0 radical (unpaired) electrons. The maximum Gasteiger partial charge on any atom is 0.416 e. The third kappa shape index (κ3) is 5.41. The van der Waals surface area contributed by atoms with Gasteiger partial charge in [0, 0.05) is 27.1 Å². The van der Waals surface area contributed by atoms with Gasteiger partial charge >= 0.3 is 6.18 Å². The highest BCUT2D eigenvalue weighted by Crippen LogP contribution is 2.42. The van der Waals surface area contributed by atoms with Gasteiger partial charge in [-0.25, -0.2) is 4.98 Å². The maximum atomic E-state index is 14.4. The van der Waals surface area contributed by atoms with Crippen molar-refractivity contribution in [3.8, 4) is 28.7 Å². The Morgan fingerprint density at radius 2 is 1.08 bits per heavy atom. The zero-order valence-electron chi connectivity index (χ0n) is 29.9. The van der Waals surface area contributed by atoms with Crippen molar-refractivity contribution in [3.05, 3.63) is 138 Å². The van der Waals surface area contributed by atoms with E-state index >= 15 is 0 Å². The number of nitriles is 1. The second-order valence-corrected chi connectivity index (χ2v) is 15.6. The summed E-state index contributed by atoms with van der Waals surface area (Å²) in [6, 6.07) is 36.5. The molecular formula is C45H37F3N4. The molecule has 0 aliphatic heterocycles. The van der Waals surface area contributed by atoms with Gasteiger partial charge in [0.1, 0.15) is 5.82 Å². The molecule has 5 aromatic carbocycles. The van der Waals surface area contributed by atoms with Gasteiger partial charge in [-0.3, -0.25) is 4.57 Å². The summed E-state index contributed by atoms with van der Waals surface area (Å²) in [6.45, 7) is 13.0. The predicted octanol–water partition coefficient (Wildman–Crippen LogP) is 12.4. The van der Waals surface area contributed by atoms with Crippen molar-refractivity contribution in [1.29, 1.82) is 5.26 Å². The summed E-state index contributed by atoms with van der Waals surface area (Å²) in [5.74, 6) is 0.558. The molecule has 3 aromatic heterocycles. The number of nitrogens with zero attached hydrogens (tertiary/aromatic N) is 4. The largest absolute Gasteiger partial charge is 0.416 e. The smallest absolute Gasteiger partial charge is 0.307 e. The monoisotopic (exact) mass is 690 g/mol. The van der Waals surface area contributed by atoms with E-state index in [2.05, 4.69) is 99.2 Å². The molecule has 0 bridgehead atoms. The zero-order chi connectivity index (χ0) is 36.7. The number of benzene rings is 5. The first-order valence-corrected chi connectivity index (χ1v) is 17.3. The van der Waals surface area contributed by atoms with Crippen molar-refractivity contribution >= 4 is 43.6 Å². The Morgan fingerprint density at radius 3 is 1.62 bits per heavy atom. The van der Waals surface area contributed by atoms with E-state index in [4.69, 9.17) is 4.98 Å². The Morgan fingerprint density at radius 1 is 0.558 bits per heavy atom. The van der Waals surface area contributed by atoms with E-state index in [1.54, 1.807) is 6.20 Å². The van der Waals surface area contributed by atoms with Crippen LogP contribution in [0.1, 0.15) is 63.8 Å². The van der Waals surface area contributed by atoms with Crippen LogP contribution in [0.2, 0.25) is 0 Å². The lowest BCUT2D eigenvalue weighted by Crippen LogP contribution is -2.11. The minimum absolute atomic E-state index is 0.0712. The van der Waals surface area contributed by atoms with Crippen molar-refractivity contribution in [2.24, 2.45) is 0 Å². The first-order valence-electron chi connectivity index (χ1n) is 17.3. The predicted molar refractivity (Wildman–Crippen MR) is 205 cm³/mol. The number of pyridine rings is 1. The molecule has 0 unspecified atom stereocenters. The third-order valence-corrected chi connectivity index (χ3v) is 10.1. The van der Waals surface area contributed by atoms with Gasteiger partial charge in [0.15, 0.2) is 0 Å². The summed E-state index contributed by atoms with van der Waals surface area (Å²) in [4.78, 5) is 5.11. The molecule has 3 heterocycles. The summed E-state index contributed by atoms with van der Waals surface area (Å²) < 4.78 is 47.4. The standard InChI is InChI=1S/C45H37F3N4/c1-43(2,3)29-15-17-34-32-11-7-9-13-37(32)51(39(34)22-29)41-26-50-42(24-36(41)28-19-27(25-49)20-31(21-28)45(46,47)48)52-38-14-10-8-12-33(38)35-18-16-30(23-40(35)52)44(4,5)6/h7-24,26H,1-6H3. The molecule has 0 spiro atoms. The Bertz CT molecular complexity index is 2760. The third-order valence-electron chi connectivity index (χ3n) is 10.1. The Hall–Kier alpha value is -5.87. The van der Waals surface area contributed by atoms with E-state index in [9.17, 15) is 18.4 Å². The molecule has 0 fully saturated rings. The molecule has 0 aliphatic carbocycles. The van der Waals surface area contributed by atoms with E-state index in [0.717, 1.165) is 66.9 Å². The summed E-state index contributed by atoms with van der Waals surface area (Å²) in [5, 5.41) is 14.1. The Balaban J connectivity index is 1.51. The molecule has 258 valence electrons. The maximum absolute atomic E-state index is 14.4. The summed E-state index contributed by atoms with van der Waals surface area (Å²) in [6.07, 6.45) is -2.89. The van der Waals surface area contributed by atoms with Crippen LogP contribution >= 0.6 is 0 Å². The molecule has 8 rings (SSSR count). The number of alkyl halides is 3. The van der Waals surface area contributed by atoms with Gasteiger partial charge in [-0.15, -0.1) is 0 Å². The van der Waals surface area contributed by atoms with E-state index in [0.29, 0.717) is 17.1 Å². The molecule has 4 nitrogen and oxygen atoms in total. The molecule has 8 aromatic rings. The molecule has 52 heavy (non-hydrogen) atoms. The van der Waals surface area contributed by atoms with Crippen LogP contribution in [-0.2, 0) is 17.0 Å². The van der Waals surface area contributed by atoms with Crippen molar-refractivity contribution in [1.82, 2.24) is 14.1 Å². The first kappa shape index (κ1) is 33.3. The second-order valence-electron chi connectivity index (χ2n) is 15.6. The average Bonchev–Trinajstić information content (AvgIpc) is 3.62. The fourth-order valence-corrected chi connectivity index (χ4v) is 7.36. The Kier molecular flexibility index (Phi) is 7.41. The number of halogens is 3. The minimum Gasteiger partial charge on any atom is -0.307 e. The summed E-state index contributed by atoms with van der Waals surface area (Å²) in [5.41, 5.74) is 6.18. The number of rotatable bonds is 3. The average molecular weight is 691 g/mol. The van der Waals surface area contributed by atoms with Gasteiger partial charge in [0.2, 0.25) is 0 Å². The Labute approximate surface area is 300 Å². The summed E-state index contributed by atoms with van der Waals surface area (Å²) >= 11 is 0. The van der Waals surface area contributed by atoms with Crippen LogP contribution in [0.3, 0.4) is 0 Å². The normalized spacial score (nSPS) is 12.7. The van der Waals surface area contributed by atoms with E-state index < -0.39 is 11.7 Å². The van der Waals surface area contributed by atoms with Gasteiger partial charge in [-0.1, -0.05) is 102 Å². The van der Waals surface area contributed by atoms with Gasteiger partial charge in [0.25, 0.3) is 0 Å². The van der Waals surface area contributed by atoms with Gasteiger partial charge < -0.3 is 4.57 Å². The van der Waals surface area contributed by atoms with Crippen LogP contribution in [-0.4, -0.2) is 14.1 Å². The lowest BCUT2D eigenvalue weighted by Gasteiger charge is -2.21. The lowest BCUT2D eigenvalue weighted by molar-refractivity contribution is -0.137. The SMILES string of the molecule is CC(C)(C)c1ccc2c3ccccc3n(-c3cc(-c4cc(C#N)cc(C(F)(F)F)c4)c(-n4c5ccccc5c5ccc(C(C)(C)C)cc54)cn3)c2c1. The van der Waals surface area contributed by atoms with Crippen LogP contribution < -0.4 is 0 Å². The highest BCUT2D eigenvalue weighted by Gasteiger charge is 2.32. The van der Waals surface area contributed by atoms with Crippen molar-refractivity contribution < 1.29 is 13.2 Å². The van der Waals surface area contributed by atoms with Gasteiger partial charge in [-0.05, 0) is 76.1 Å². The van der Waals surface area contributed by atoms with E-state index in [-0.39, 0.29) is 22.0 Å². The number of para-hydroxylation sites is 2. The van der Waals surface area contributed by atoms with E-state index in [1.807, 2.05) is 48.5 Å². The molecular weight excluding hydrogens is 654 g/mol. The van der Waals surface area contributed by atoms with Crippen molar-refractivity contribution in [2.45, 2.75) is 58.5 Å². The minimum atomic E-state index is -4.65. The van der Waals surface area contributed by atoms with Crippen LogP contribution in [0.5, 0.6) is 0 Å². The van der Waals surface area contributed by atoms with Crippen LogP contribution in [0, 0.1) is 11.3 Å². The molecule has 0 amide bonds. The highest BCUT2D eigenvalue weighted by atomic mass is 19.4. The highest BCUT2D eigenvalue weighted by molar-refractivity contribution is 6.11. The molecule has 0 atom stereocenters.